The number of aryl methyl sites for hydroxylation is 1. The van der Waals surface area contributed by atoms with Crippen LogP contribution in [0.5, 0.6) is 0 Å². The van der Waals surface area contributed by atoms with E-state index in [4.69, 9.17) is 10.5 Å². The first-order valence-electron chi connectivity index (χ1n) is 6.89. The molecule has 22 heavy (non-hydrogen) atoms. The molecule has 0 saturated carbocycles. The lowest BCUT2D eigenvalue weighted by Gasteiger charge is -2.23. The average molecular weight is 330 g/mol. The first-order chi connectivity index (χ1) is 10.0. The number of hydrogen-bond donors (Lipinski definition) is 2. The summed E-state index contributed by atoms with van der Waals surface area (Å²) in [6.45, 7) is 3.56. The second-order valence-corrected chi connectivity index (χ2v) is 4.77. The Hall–Kier alpha value is -1.63. The van der Waals surface area contributed by atoms with E-state index in [-0.39, 0.29) is 37.8 Å². The highest BCUT2D eigenvalue weighted by atomic mass is 35.5. The minimum Gasteiger partial charge on any atom is -0.383 e. The fourth-order valence-corrected chi connectivity index (χ4v) is 1.88. The van der Waals surface area contributed by atoms with Crippen LogP contribution in [-0.4, -0.2) is 45.2 Å². The van der Waals surface area contributed by atoms with Gasteiger partial charge in [0, 0.05) is 32.3 Å². The van der Waals surface area contributed by atoms with Gasteiger partial charge in [0.15, 0.2) is 0 Å². The van der Waals surface area contributed by atoms with Crippen LogP contribution in [0.2, 0.25) is 0 Å². The van der Waals surface area contributed by atoms with E-state index in [1.54, 1.807) is 12.0 Å². The van der Waals surface area contributed by atoms with Crippen molar-refractivity contribution in [3.05, 3.63) is 29.8 Å². The van der Waals surface area contributed by atoms with Gasteiger partial charge in [-0.2, -0.15) is 0 Å². The summed E-state index contributed by atoms with van der Waals surface area (Å²) in [6.07, 6.45) is 0.137. The van der Waals surface area contributed by atoms with Crippen molar-refractivity contribution in [1.29, 1.82) is 0 Å². The van der Waals surface area contributed by atoms with Crippen molar-refractivity contribution >= 4 is 29.9 Å². The Labute approximate surface area is 137 Å². The van der Waals surface area contributed by atoms with Crippen LogP contribution < -0.4 is 16.0 Å². The summed E-state index contributed by atoms with van der Waals surface area (Å²) in [4.78, 5) is 24.9. The third-order valence-electron chi connectivity index (χ3n) is 2.96. The Kier molecular flexibility index (Phi) is 10.2. The van der Waals surface area contributed by atoms with Gasteiger partial charge in [-0.05, 0) is 24.6 Å². The second kappa shape index (κ2) is 11.0. The van der Waals surface area contributed by atoms with Gasteiger partial charge in [-0.3, -0.25) is 9.59 Å². The van der Waals surface area contributed by atoms with E-state index in [0.717, 1.165) is 11.3 Å². The summed E-state index contributed by atoms with van der Waals surface area (Å²) in [5.74, 6) is -0.522. The van der Waals surface area contributed by atoms with E-state index in [1.165, 1.54) is 0 Å². The van der Waals surface area contributed by atoms with Crippen LogP contribution in [0, 0.1) is 6.92 Å². The highest BCUT2D eigenvalue weighted by molar-refractivity contribution is 5.95. The Morgan fingerprint density at radius 3 is 2.68 bits per heavy atom. The molecular formula is C15H24ClN3O3. The maximum absolute atomic E-state index is 12.3. The molecule has 1 aromatic carbocycles. The van der Waals surface area contributed by atoms with Crippen LogP contribution in [0.3, 0.4) is 0 Å². The van der Waals surface area contributed by atoms with E-state index < -0.39 is 5.91 Å². The molecule has 0 aliphatic heterocycles. The molecule has 0 spiro atoms. The van der Waals surface area contributed by atoms with Crippen LogP contribution >= 0.6 is 12.4 Å². The monoisotopic (exact) mass is 329 g/mol. The number of hydrogen-bond acceptors (Lipinski definition) is 4. The van der Waals surface area contributed by atoms with Crippen molar-refractivity contribution in [2.75, 3.05) is 38.3 Å². The normalized spacial score (nSPS) is 9.91. The summed E-state index contributed by atoms with van der Waals surface area (Å²) >= 11 is 0. The van der Waals surface area contributed by atoms with Gasteiger partial charge >= 0.3 is 0 Å². The first kappa shape index (κ1) is 20.4. The van der Waals surface area contributed by atoms with Crippen molar-refractivity contribution in [3.63, 3.8) is 0 Å². The van der Waals surface area contributed by atoms with Crippen LogP contribution in [0.1, 0.15) is 12.0 Å². The zero-order valence-corrected chi connectivity index (χ0v) is 13.8. The molecule has 1 rings (SSSR count). The predicted molar refractivity (Wildman–Crippen MR) is 89.3 cm³/mol. The molecule has 2 amide bonds. The van der Waals surface area contributed by atoms with Gasteiger partial charge in [0.25, 0.3) is 0 Å². The van der Waals surface area contributed by atoms with Gasteiger partial charge in [-0.15, -0.1) is 12.4 Å². The van der Waals surface area contributed by atoms with Crippen LogP contribution in [0.15, 0.2) is 24.3 Å². The average Bonchev–Trinajstić information content (AvgIpc) is 2.43. The van der Waals surface area contributed by atoms with Crippen molar-refractivity contribution in [1.82, 2.24) is 5.32 Å². The number of amides is 2. The number of primary amides is 1. The smallest absolute Gasteiger partial charge is 0.240 e. The molecule has 3 N–H and O–H groups in total. The molecule has 7 heteroatoms. The summed E-state index contributed by atoms with van der Waals surface area (Å²) < 4.78 is 4.91. The highest BCUT2D eigenvalue weighted by Gasteiger charge is 2.16. The van der Waals surface area contributed by atoms with Gasteiger partial charge in [0.1, 0.15) is 0 Å². The molecule has 6 nitrogen and oxygen atoms in total. The SMILES string of the molecule is COCCNCC(=O)N(CCC(N)=O)c1cccc(C)c1.Cl. The van der Waals surface area contributed by atoms with Crippen molar-refractivity contribution in [2.45, 2.75) is 13.3 Å². The van der Waals surface area contributed by atoms with E-state index in [2.05, 4.69) is 5.32 Å². The first-order valence-corrected chi connectivity index (χ1v) is 6.89. The maximum atomic E-state index is 12.3. The zero-order chi connectivity index (χ0) is 15.7. The number of anilines is 1. The molecule has 0 unspecified atom stereocenters. The molecule has 0 bridgehead atoms. The van der Waals surface area contributed by atoms with Crippen LogP contribution in [0.4, 0.5) is 5.69 Å². The minimum absolute atomic E-state index is 0. The highest BCUT2D eigenvalue weighted by Crippen LogP contribution is 2.16. The van der Waals surface area contributed by atoms with E-state index in [1.807, 2.05) is 31.2 Å². The fourth-order valence-electron chi connectivity index (χ4n) is 1.88. The standard InChI is InChI=1S/C15H23N3O3.ClH/c1-12-4-3-5-13(10-12)18(8-6-14(16)19)15(20)11-17-7-9-21-2;/h3-5,10,17H,6-9,11H2,1-2H3,(H2,16,19);1H. The summed E-state index contributed by atoms with van der Waals surface area (Å²) in [5.41, 5.74) is 7.00. The number of nitrogens with two attached hydrogens (primary N) is 1. The second-order valence-electron chi connectivity index (χ2n) is 4.77. The van der Waals surface area contributed by atoms with E-state index in [9.17, 15) is 9.59 Å². The number of carbonyl (C=O) groups excluding carboxylic acids is 2. The lowest BCUT2D eigenvalue weighted by Crippen LogP contribution is -2.40. The lowest BCUT2D eigenvalue weighted by atomic mass is 10.2. The van der Waals surface area contributed by atoms with Gasteiger partial charge in [0.2, 0.25) is 11.8 Å². The molecule has 0 aliphatic rings. The summed E-state index contributed by atoms with van der Waals surface area (Å²) in [7, 11) is 1.61. The molecule has 0 atom stereocenters. The lowest BCUT2D eigenvalue weighted by molar-refractivity contribution is -0.118. The van der Waals surface area contributed by atoms with Gasteiger partial charge in [0.05, 0.1) is 13.2 Å². The van der Waals surface area contributed by atoms with Crippen LogP contribution in [-0.2, 0) is 14.3 Å². The minimum atomic E-state index is -0.423. The molecule has 0 saturated heterocycles. The molecule has 1 aromatic rings. The fraction of sp³-hybridized carbons (Fsp3) is 0.467. The number of methoxy groups -OCH3 is 1. The summed E-state index contributed by atoms with van der Waals surface area (Å²) in [6, 6.07) is 7.60. The van der Waals surface area contributed by atoms with Crippen molar-refractivity contribution in [2.24, 2.45) is 5.73 Å². The van der Waals surface area contributed by atoms with Gasteiger partial charge < -0.3 is 20.7 Å². The number of benzene rings is 1. The van der Waals surface area contributed by atoms with E-state index in [0.29, 0.717) is 13.2 Å². The Balaban J connectivity index is 0.00000441. The number of ether oxygens (including phenoxy) is 1. The Morgan fingerprint density at radius 1 is 1.36 bits per heavy atom. The van der Waals surface area contributed by atoms with E-state index >= 15 is 0 Å². The molecule has 0 fully saturated rings. The third-order valence-corrected chi connectivity index (χ3v) is 2.96. The Bertz CT molecular complexity index is 483. The number of halogens is 1. The summed E-state index contributed by atoms with van der Waals surface area (Å²) in [5, 5.41) is 3.01. The topological polar surface area (TPSA) is 84.7 Å². The molecule has 0 aromatic heterocycles. The Morgan fingerprint density at radius 2 is 2.09 bits per heavy atom. The largest absolute Gasteiger partial charge is 0.383 e. The number of rotatable bonds is 9. The third kappa shape index (κ3) is 7.40. The van der Waals surface area contributed by atoms with Gasteiger partial charge in [-0.25, -0.2) is 0 Å². The van der Waals surface area contributed by atoms with Crippen molar-refractivity contribution < 1.29 is 14.3 Å². The molecule has 0 heterocycles. The quantitative estimate of drug-likeness (QED) is 0.658. The zero-order valence-electron chi connectivity index (χ0n) is 13.0. The molecular weight excluding hydrogens is 306 g/mol. The molecule has 0 radical (unpaired) electrons. The number of nitrogens with zero attached hydrogens (tertiary/aromatic N) is 1. The molecule has 124 valence electrons. The van der Waals surface area contributed by atoms with Crippen LogP contribution in [0.25, 0.3) is 0 Å². The predicted octanol–water partition coefficient (Wildman–Crippen LogP) is 0.861. The van der Waals surface area contributed by atoms with Gasteiger partial charge in [-0.1, -0.05) is 12.1 Å². The number of nitrogens with one attached hydrogen (secondary N) is 1. The van der Waals surface area contributed by atoms with Crippen molar-refractivity contribution in [3.8, 4) is 0 Å². The maximum Gasteiger partial charge on any atom is 0.240 e. The number of carbonyl (C=O) groups is 2. The molecule has 0 aliphatic carbocycles.